The van der Waals surface area contributed by atoms with Crippen LogP contribution in [0.3, 0.4) is 0 Å². The first-order valence-corrected chi connectivity index (χ1v) is 5.15. The summed E-state index contributed by atoms with van der Waals surface area (Å²) in [7, 11) is 1.75. The number of benzene rings is 1. The number of carboxylic acids is 1. The van der Waals surface area contributed by atoms with E-state index in [1.54, 1.807) is 30.8 Å². The zero-order valence-corrected chi connectivity index (χ0v) is 9.53. The summed E-state index contributed by atoms with van der Waals surface area (Å²) in [5.74, 6) is -0.695. The van der Waals surface area contributed by atoms with Crippen molar-refractivity contribution in [3.8, 4) is 11.4 Å². The lowest BCUT2D eigenvalue weighted by molar-refractivity contribution is -0.138. The third-order valence-corrected chi connectivity index (χ3v) is 2.66. The summed E-state index contributed by atoms with van der Waals surface area (Å²) in [6, 6.07) is 7.20. The van der Waals surface area contributed by atoms with Crippen LogP contribution in [0.1, 0.15) is 18.4 Å². The molecule has 88 valence electrons. The fraction of sp³-hybridized carbons (Fsp3) is 0.273. The molecular weight excluding hydrogens is 220 g/mol. The number of hydrogen-bond donors (Lipinski definition) is 1. The van der Waals surface area contributed by atoms with Crippen LogP contribution in [-0.2, 0) is 11.8 Å². The molecule has 1 heterocycles. The fourth-order valence-corrected chi connectivity index (χ4v) is 1.54. The van der Waals surface area contributed by atoms with Crippen molar-refractivity contribution >= 4 is 5.97 Å². The number of aromatic nitrogens is 4. The molecule has 6 heteroatoms. The molecule has 1 aromatic carbocycles. The Morgan fingerprint density at radius 3 is 2.47 bits per heavy atom. The molecule has 0 saturated carbocycles. The van der Waals surface area contributed by atoms with Gasteiger partial charge in [0.2, 0.25) is 0 Å². The number of carboxylic acid groups (broad SMARTS) is 1. The maximum atomic E-state index is 10.8. The summed E-state index contributed by atoms with van der Waals surface area (Å²) < 4.78 is 1.57. The van der Waals surface area contributed by atoms with Gasteiger partial charge in [-0.2, -0.15) is 0 Å². The van der Waals surface area contributed by atoms with Gasteiger partial charge in [0.1, 0.15) is 0 Å². The van der Waals surface area contributed by atoms with Crippen LogP contribution in [0.5, 0.6) is 0 Å². The molecule has 0 amide bonds. The van der Waals surface area contributed by atoms with E-state index in [2.05, 4.69) is 15.5 Å². The fourth-order valence-electron chi connectivity index (χ4n) is 1.54. The predicted molar refractivity (Wildman–Crippen MR) is 60.3 cm³/mol. The van der Waals surface area contributed by atoms with Crippen LogP contribution in [0.25, 0.3) is 11.4 Å². The Kier molecular flexibility index (Phi) is 2.86. The van der Waals surface area contributed by atoms with E-state index in [1.807, 2.05) is 12.1 Å². The Morgan fingerprint density at radius 1 is 1.35 bits per heavy atom. The van der Waals surface area contributed by atoms with E-state index in [1.165, 1.54) is 0 Å². The van der Waals surface area contributed by atoms with Gasteiger partial charge in [0.25, 0.3) is 0 Å². The molecular formula is C11H12N4O2. The standard InChI is InChI=1S/C11H12N4O2/c1-7(11(16)17)8-3-5-9(6-4-8)10-12-13-14-15(10)2/h3-7H,1-2H3,(H,16,17). The summed E-state index contributed by atoms with van der Waals surface area (Å²) in [4.78, 5) is 10.8. The lowest BCUT2D eigenvalue weighted by atomic mass is 10.00. The van der Waals surface area contributed by atoms with Gasteiger partial charge in [-0.15, -0.1) is 5.10 Å². The molecule has 1 unspecified atom stereocenters. The zero-order valence-electron chi connectivity index (χ0n) is 9.53. The largest absolute Gasteiger partial charge is 0.481 e. The third kappa shape index (κ3) is 2.15. The van der Waals surface area contributed by atoms with Gasteiger partial charge >= 0.3 is 5.97 Å². The average molecular weight is 232 g/mol. The lowest BCUT2D eigenvalue weighted by Crippen LogP contribution is -2.07. The molecule has 0 aliphatic rings. The molecule has 0 bridgehead atoms. The van der Waals surface area contributed by atoms with Crippen molar-refractivity contribution in [3.05, 3.63) is 29.8 Å². The van der Waals surface area contributed by atoms with E-state index < -0.39 is 11.9 Å². The maximum Gasteiger partial charge on any atom is 0.310 e. The van der Waals surface area contributed by atoms with E-state index >= 15 is 0 Å². The minimum absolute atomic E-state index is 0.512. The summed E-state index contributed by atoms with van der Waals surface area (Å²) >= 11 is 0. The molecule has 0 fully saturated rings. The van der Waals surface area contributed by atoms with Gasteiger partial charge in [-0.25, -0.2) is 4.68 Å². The van der Waals surface area contributed by atoms with E-state index in [9.17, 15) is 4.79 Å². The molecule has 0 spiro atoms. The molecule has 0 radical (unpaired) electrons. The predicted octanol–water partition coefficient (Wildman–Crippen LogP) is 1.07. The van der Waals surface area contributed by atoms with Crippen molar-refractivity contribution in [2.45, 2.75) is 12.8 Å². The molecule has 0 aliphatic heterocycles. The van der Waals surface area contributed by atoms with E-state index in [0.29, 0.717) is 5.82 Å². The van der Waals surface area contributed by atoms with Crippen molar-refractivity contribution in [1.29, 1.82) is 0 Å². The van der Waals surface area contributed by atoms with Crippen LogP contribution in [-0.4, -0.2) is 31.3 Å². The highest BCUT2D eigenvalue weighted by Crippen LogP contribution is 2.20. The van der Waals surface area contributed by atoms with Gasteiger partial charge in [0.15, 0.2) is 5.82 Å². The number of hydrogen-bond acceptors (Lipinski definition) is 4. The molecule has 0 aliphatic carbocycles. The molecule has 6 nitrogen and oxygen atoms in total. The van der Waals surface area contributed by atoms with Crippen LogP contribution >= 0.6 is 0 Å². The Labute approximate surface area is 97.9 Å². The Morgan fingerprint density at radius 2 is 2.00 bits per heavy atom. The molecule has 17 heavy (non-hydrogen) atoms. The first kappa shape index (κ1) is 11.3. The molecule has 0 saturated heterocycles. The van der Waals surface area contributed by atoms with Crippen molar-refractivity contribution in [2.75, 3.05) is 0 Å². The van der Waals surface area contributed by atoms with E-state index in [4.69, 9.17) is 5.11 Å². The van der Waals surface area contributed by atoms with Crippen LogP contribution in [0.15, 0.2) is 24.3 Å². The number of nitrogens with zero attached hydrogens (tertiary/aromatic N) is 4. The number of carbonyl (C=O) groups is 1. The molecule has 1 N–H and O–H groups in total. The Balaban J connectivity index is 2.31. The molecule has 1 aromatic heterocycles. The summed E-state index contributed by atoms with van der Waals surface area (Å²) in [6.45, 7) is 1.65. The quantitative estimate of drug-likeness (QED) is 0.855. The van der Waals surface area contributed by atoms with Crippen molar-refractivity contribution < 1.29 is 9.90 Å². The number of aliphatic carboxylic acids is 1. The van der Waals surface area contributed by atoms with Gasteiger partial charge in [0.05, 0.1) is 5.92 Å². The van der Waals surface area contributed by atoms with Crippen LogP contribution in [0.2, 0.25) is 0 Å². The van der Waals surface area contributed by atoms with Crippen molar-refractivity contribution in [2.24, 2.45) is 7.05 Å². The normalized spacial score (nSPS) is 12.4. The smallest absolute Gasteiger partial charge is 0.310 e. The highest BCUT2D eigenvalue weighted by Gasteiger charge is 2.14. The minimum atomic E-state index is -0.835. The highest BCUT2D eigenvalue weighted by atomic mass is 16.4. The topological polar surface area (TPSA) is 80.9 Å². The van der Waals surface area contributed by atoms with Gasteiger partial charge in [-0.05, 0) is 22.9 Å². The van der Waals surface area contributed by atoms with Crippen LogP contribution < -0.4 is 0 Å². The Hall–Kier alpha value is -2.24. The number of aryl methyl sites for hydroxylation is 1. The summed E-state index contributed by atoms with van der Waals surface area (Å²) in [6.07, 6.45) is 0. The second-order valence-electron chi connectivity index (χ2n) is 3.81. The van der Waals surface area contributed by atoms with Gasteiger partial charge in [-0.3, -0.25) is 4.79 Å². The number of rotatable bonds is 3. The van der Waals surface area contributed by atoms with Gasteiger partial charge in [0, 0.05) is 12.6 Å². The molecule has 2 aromatic rings. The first-order chi connectivity index (χ1) is 8.09. The zero-order chi connectivity index (χ0) is 12.4. The highest BCUT2D eigenvalue weighted by molar-refractivity contribution is 5.75. The molecule has 1 atom stereocenters. The second kappa shape index (κ2) is 4.32. The lowest BCUT2D eigenvalue weighted by Gasteiger charge is -2.07. The van der Waals surface area contributed by atoms with Crippen LogP contribution in [0.4, 0.5) is 0 Å². The molecule has 2 rings (SSSR count). The van der Waals surface area contributed by atoms with E-state index in [-0.39, 0.29) is 0 Å². The monoisotopic (exact) mass is 232 g/mol. The van der Waals surface area contributed by atoms with Crippen molar-refractivity contribution in [1.82, 2.24) is 20.2 Å². The average Bonchev–Trinajstić information content (AvgIpc) is 2.74. The van der Waals surface area contributed by atoms with Gasteiger partial charge in [-0.1, -0.05) is 24.3 Å². The van der Waals surface area contributed by atoms with Crippen molar-refractivity contribution in [3.63, 3.8) is 0 Å². The SMILES string of the molecule is CC(C(=O)O)c1ccc(-c2nnnn2C)cc1. The van der Waals surface area contributed by atoms with Crippen LogP contribution in [0, 0.1) is 0 Å². The number of tetrazole rings is 1. The summed E-state index contributed by atoms with van der Waals surface area (Å²) in [5, 5.41) is 20.1. The minimum Gasteiger partial charge on any atom is -0.481 e. The Bertz CT molecular complexity index is 533. The summed E-state index contributed by atoms with van der Waals surface area (Å²) in [5.41, 5.74) is 1.62. The second-order valence-corrected chi connectivity index (χ2v) is 3.81. The van der Waals surface area contributed by atoms with Gasteiger partial charge < -0.3 is 5.11 Å². The van der Waals surface area contributed by atoms with E-state index in [0.717, 1.165) is 11.1 Å². The maximum absolute atomic E-state index is 10.8. The third-order valence-electron chi connectivity index (χ3n) is 2.66. The first-order valence-electron chi connectivity index (χ1n) is 5.15.